The highest BCUT2D eigenvalue weighted by Gasteiger charge is 2.46. The summed E-state index contributed by atoms with van der Waals surface area (Å²) in [5.74, 6) is 1.87. The highest BCUT2D eigenvalue weighted by molar-refractivity contribution is 5.03. The fourth-order valence-electron chi connectivity index (χ4n) is 3.19. The summed E-state index contributed by atoms with van der Waals surface area (Å²) in [5, 5.41) is 3.59. The molecule has 0 aromatic rings. The number of hydrogen-bond acceptors (Lipinski definition) is 2. The topological polar surface area (TPSA) is 15.3 Å². The number of rotatable bonds is 5. The average molecular weight is 224 g/mol. The molecular formula is C14H28N2. The van der Waals surface area contributed by atoms with Gasteiger partial charge in [0.05, 0.1) is 0 Å². The molecular weight excluding hydrogens is 196 g/mol. The van der Waals surface area contributed by atoms with Gasteiger partial charge in [0.25, 0.3) is 0 Å². The van der Waals surface area contributed by atoms with E-state index in [0.717, 1.165) is 11.8 Å². The summed E-state index contributed by atoms with van der Waals surface area (Å²) in [6.07, 6.45) is 5.58. The molecule has 0 bridgehead atoms. The molecule has 0 radical (unpaired) electrons. The lowest BCUT2D eigenvalue weighted by molar-refractivity contribution is 0.0398. The van der Waals surface area contributed by atoms with E-state index in [9.17, 15) is 0 Å². The lowest BCUT2D eigenvalue weighted by atomic mass is 9.89. The van der Waals surface area contributed by atoms with Crippen LogP contribution in [0.15, 0.2) is 0 Å². The third-order valence-electron chi connectivity index (χ3n) is 4.85. The molecule has 2 rings (SSSR count). The Labute approximate surface area is 101 Å². The van der Waals surface area contributed by atoms with Crippen LogP contribution in [0.1, 0.15) is 46.5 Å². The van der Waals surface area contributed by atoms with Gasteiger partial charge in [-0.1, -0.05) is 26.7 Å². The normalized spacial score (nSPS) is 32.2. The molecule has 1 aliphatic heterocycles. The van der Waals surface area contributed by atoms with Gasteiger partial charge in [0.15, 0.2) is 0 Å². The summed E-state index contributed by atoms with van der Waals surface area (Å²) in [6, 6.07) is 0. The van der Waals surface area contributed by atoms with Crippen molar-refractivity contribution in [2.45, 2.75) is 52.0 Å². The van der Waals surface area contributed by atoms with Crippen molar-refractivity contribution < 1.29 is 0 Å². The molecule has 2 aliphatic rings. The van der Waals surface area contributed by atoms with Crippen molar-refractivity contribution in [3.05, 3.63) is 0 Å². The van der Waals surface area contributed by atoms with Crippen LogP contribution in [0.5, 0.6) is 0 Å². The van der Waals surface area contributed by atoms with Crippen molar-refractivity contribution >= 4 is 0 Å². The van der Waals surface area contributed by atoms with Crippen molar-refractivity contribution in [3.8, 4) is 0 Å². The molecule has 1 heterocycles. The molecule has 1 unspecified atom stereocenters. The Morgan fingerprint density at radius 3 is 2.56 bits per heavy atom. The lowest BCUT2D eigenvalue weighted by Gasteiger charge is -2.47. The van der Waals surface area contributed by atoms with E-state index in [-0.39, 0.29) is 0 Å². The Kier molecular flexibility index (Phi) is 3.91. The van der Waals surface area contributed by atoms with Gasteiger partial charge in [-0.2, -0.15) is 0 Å². The third-order valence-corrected chi connectivity index (χ3v) is 4.85. The Hall–Kier alpha value is -0.0800. The summed E-state index contributed by atoms with van der Waals surface area (Å²) in [7, 11) is 0. The van der Waals surface area contributed by atoms with Crippen molar-refractivity contribution in [1.82, 2.24) is 10.2 Å². The second-order valence-electron chi connectivity index (χ2n) is 5.94. The van der Waals surface area contributed by atoms with E-state index in [1.807, 2.05) is 0 Å². The zero-order valence-electron chi connectivity index (χ0n) is 11.3. The van der Waals surface area contributed by atoms with E-state index in [2.05, 4.69) is 31.0 Å². The zero-order chi connectivity index (χ0) is 11.6. The standard InChI is InChI=1S/C14H28N2/c1-4-12(5-2)10-16-9-8-15-11-14(16,3)13-6-7-13/h12-13,15H,4-11H2,1-3H3. The first-order chi connectivity index (χ1) is 7.70. The van der Waals surface area contributed by atoms with Crippen LogP contribution in [0, 0.1) is 11.8 Å². The van der Waals surface area contributed by atoms with Gasteiger partial charge >= 0.3 is 0 Å². The third kappa shape index (κ3) is 2.43. The quantitative estimate of drug-likeness (QED) is 0.772. The monoisotopic (exact) mass is 224 g/mol. The van der Waals surface area contributed by atoms with Crippen LogP contribution in [-0.4, -0.2) is 36.6 Å². The first-order valence-corrected chi connectivity index (χ1v) is 7.16. The molecule has 1 atom stereocenters. The van der Waals surface area contributed by atoms with Gasteiger partial charge in [-0.15, -0.1) is 0 Å². The average Bonchev–Trinajstić information content (AvgIpc) is 3.12. The molecule has 16 heavy (non-hydrogen) atoms. The minimum atomic E-state index is 0.459. The Balaban J connectivity index is 1.98. The molecule has 2 nitrogen and oxygen atoms in total. The van der Waals surface area contributed by atoms with Crippen LogP contribution < -0.4 is 5.32 Å². The molecule has 1 saturated heterocycles. The summed E-state index contributed by atoms with van der Waals surface area (Å²) >= 11 is 0. The van der Waals surface area contributed by atoms with Crippen LogP contribution in [0.2, 0.25) is 0 Å². The Morgan fingerprint density at radius 1 is 1.31 bits per heavy atom. The van der Waals surface area contributed by atoms with Crippen molar-refractivity contribution in [2.75, 3.05) is 26.2 Å². The van der Waals surface area contributed by atoms with E-state index in [0.29, 0.717) is 5.54 Å². The first-order valence-electron chi connectivity index (χ1n) is 7.16. The second-order valence-corrected chi connectivity index (χ2v) is 5.94. The van der Waals surface area contributed by atoms with E-state index in [4.69, 9.17) is 0 Å². The van der Waals surface area contributed by atoms with Gasteiger partial charge in [0, 0.05) is 31.7 Å². The molecule has 0 amide bonds. The lowest BCUT2D eigenvalue weighted by Crippen LogP contribution is -2.61. The number of nitrogens with zero attached hydrogens (tertiary/aromatic N) is 1. The molecule has 0 aromatic carbocycles. The fraction of sp³-hybridized carbons (Fsp3) is 1.00. The number of hydrogen-bond donors (Lipinski definition) is 1. The largest absolute Gasteiger partial charge is 0.314 e. The maximum atomic E-state index is 3.59. The second kappa shape index (κ2) is 5.05. The smallest absolute Gasteiger partial charge is 0.0334 e. The highest BCUT2D eigenvalue weighted by Crippen LogP contribution is 2.43. The number of nitrogens with one attached hydrogen (secondary N) is 1. The summed E-state index contributed by atoms with van der Waals surface area (Å²) in [6.45, 7) is 12.1. The van der Waals surface area contributed by atoms with E-state index in [1.54, 1.807) is 0 Å². The predicted molar refractivity (Wildman–Crippen MR) is 69.6 cm³/mol. The fourth-order valence-corrected chi connectivity index (χ4v) is 3.19. The summed E-state index contributed by atoms with van der Waals surface area (Å²) in [4.78, 5) is 2.79. The first kappa shape index (κ1) is 12.4. The molecule has 2 heteroatoms. The Bertz CT molecular complexity index is 221. The van der Waals surface area contributed by atoms with E-state index < -0.39 is 0 Å². The van der Waals surface area contributed by atoms with Crippen LogP contribution in [-0.2, 0) is 0 Å². The van der Waals surface area contributed by atoms with Crippen LogP contribution in [0.3, 0.4) is 0 Å². The van der Waals surface area contributed by atoms with Crippen LogP contribution in [0.25, 0.3) is 0 Å². The van der Waals surface area contributed by atoms with Crippen molar-refractivity contribution in [2.24, 2.45) is 11.8 Å². The number of piperazine rings is 1. The van der Waals surface area contributed by atoms with E-state index >= 15 is 0 Å². The van der Waals surface area contributed by atoms with Gasteiger partial charge in [-0.3, -0.25) is 4.90 Å². The van der Waals surface area contributed by atoms with Crippen molar-refractivity contribution in [1.29, 1.82) is 0 Å². The molecule has 1 saturated carbocycles. The maximum Gasteiger partial charge on any atom is 0.0334 e. The highest BCUT2D eigenvalue weighted by atomic mass is 15.3. The van der Waals surface area contributed by atoms with Crippen LogP contribution >= 0.6 is 0 Å². The molecule has 1 aliphatic carbocycles. The summed E-state index contributed by atoms with van der Waals surface area (Å²) < 4.78 is 0. The molecule has 0 spiro atoms. The minimum Gasteiger partial charge on any atom is -0.314 e. The van der Waals surface area contributed by atoms with Gasteiger partial charge in [-0.05, 0) is 31.6 Å². The molecule has 1 N–H and O–H groups in total. The van der Waals surface area contributed by atoms with E-state index in [1.165, 1.54) is 51.9 Å². The SMILES string of the molecule is CCC(CC)CN1CCNCC1(C)C1CC1. The van der Waals surface area contributed by atoms with Gasteiger partial charge in [-0.25, -0.2) is 0 Å². The van der Waals surface area contributed by atoms with Gasteiger partial charge in [0.2, 0.25) is 0 Å². The minimum absolute atomic E-state index is 0.459. The molecule has 2 fully saturated rings. The van der Waals surface area contributed by atoms with Gasteiger partial charge < -0.3 is 5.32 Å². The maximum absolute atomic E-state index is 3.59. The van der Waals surface area contributed by atoms with Gasteiger partial charge in [0.1, 0.15) is 0 Å². The molecule has 94 valence electrons. The zero-order valence-corrected chi connectivity index (χ0v) is 11.3. The molecule has 0 aromatic heterocycles. The van der Waals surface area contributed by atoms with Crippen LogP contribution in [0.4, 0.5) is 0 Å². The van der Waals surface area contributed by atoms with Crippen molar-refractivity contribution in [3.63, 3.8) is 0 Å². The predicted octanol–water partition coefficient (Wildman–Crippen LogP) is 2.50. The Morgan fingerprint density at radius 2 is 2.00 bits per heavy atom. The summed E-state index contributed by atoms with van der Waals surface area (Å²) in [5.41, 5.74) is 0.459.